The number of rotatable bonds is 4. The number of nitrogens with one attached hydrogen (secondary N) is 1. The molecule has 0 saturated carbocycles. The molecule has 3 heterocycles. The van der Waals surface area contributed by atoms with E-state index in [1.807, 2.05) is 19.9 Å². The maximum atomic E-state index is 12.6. The Hall–Kier alpha value is -2.15. The van der Waals surface area contributed by atoms with E-state index in [4.69, 9.17) is 4.74 Å². The largest absolute Gasteiger partial charge is 0.377 e. The Balaban J connectivity index is 1.77. The van der Waals surface area contributed by atoms with Crippen molar-refractivity contribution in [2.45, 2.75) is 39.4 Å². The smallest absolute Gasteiger partial charge is 0.253 e. The fourth-order valence-electron chi connectivity index (χ4n) is 3.10. The first kappa shape index (κ1) is 14.8. The van der Waals surface area contributed by atoms with E-state index >= 15 is 0 Å². The van der Waals surface area contributed by atoms with Crippen LogP contribution in [-0.4, -0.2) is 44.7 Å². The molecule has 0 aromatic carbocycles. The highest BCUT2D eigenvalue weighted by molar-refractivity contribution is 5.96. The summed E-state index contributed by atoms with van der Waals surface area (Å²) in [5.74, 6) is -0.0617. The number of carbonyl (C=O) groups is 1. The van der Waals surface area contributed by atoms with Crippen molar-refractivity contribution in [3.05, 3.63) is 35.4 Å². The van der Waals surface area contributed by atoms with Crippen LogP contribution >= 0.6 is 0 Å². The second kappa shape index (κ2) is 5.92. The summed E-state index contributed by atoms with van der Waals surface area (Å²) >= 11 is 0. The second-order valence-electron chi connectivity index (χ2n) is 5.60. The highest BCUT2D eigenvalue weighted by Gasteiger charge is 2.32. The van der Waals surface area contributed by atoms with Crippen LogP contribution in [0, 0.1) is 13.8 Å². The highest BCUT2D eigenvalue weighted by Crippen LogP contribution is 2.20. The van der Waals surface area contributed by atoms with E-state index in [1.165, 1.54) is 0 Å². The molecule has 1 N–H and O–H groups in total. The summed E-state index contributed by atoms with van der Waals surface area (Å²) in [7, 11) is 0. The molecule has 0 spiro atoms. The lowest BCUT2D eigenvalue weighted by Crippen LogP contribution is -2.41. The summed E-state index contributed by atoms with van der Waals surface area (Å²) in [4.78, 5) is 12.6. The molecule has 7 nitrogen and oxygen atoms in total. The van der Waals surface area contributed by atoms with Crippen LogP contribution in [0.15, 0.2) is 18.5 Å². The van der Waals surface area contributed by atoms with Crippen molar-refractivity contribution in [2.75, 3.05) is 13.2 Å². The van der Waals surface area contributed by atoms with Crippen molar-refractivity contribution < 1.29 is 9.53 Å². The molecule has 0 bridgehead atoms. The van der Waals surface area contributed by atoms with Crippen LogP contribution in [-0.2, 0) is 11.3 Å². The number of hydrogen-bond acceptors (Lipinski definition) is 4. The van der Waals surface area contributed by atoms with Gasteiger partial charge in [0.25, 0.3) is 5.91 Å². The van der Waals surface area contributed by atoms with Gasteiger partial charge in [-0.1, -0.05) is 5.21 Å². The van der Waals surface area contributed by atoms with Gasteiger partial charge in [0.1, 0.15) is 0 Å². The molecular weight excluding hydrogens is 282 g/mol. The minimum Gasteiger partial charge on any atom is -0.377 e. The molecule has 0 radical (unpaired) electrons. The normalized spacial score (nSPS) is 21.2. The summed E-state index contributed by atoms with van der Waals surface area (Å²) in [6, 6.07) is 1.83. The fraction of sp³-hybridized carbons (Fsp3) is 0.533. The Kier molecular flexibility index (Phi) is 3.98. The predicted molar refractivity (Wildman–Crippen MR) is 80.7 cm³/mol. The van der Waals surface area contributed by atoms with E-state index in [0.717, 1.165) is 23.5 Å². The molecule has 2 aromatic heterocycles. The van der Waals surface area contributed by atoms with Gasteiger partial charge < -0.3 is 14.6 Å². The molecular formula is C15H21N5O2. The van der Waals surface area contributed by atoms with Crippen molar-refractivity contribution in [3.63, 3.8) is 0 Å². The van der Waals surface area contributed by atoms with Crippen LogP contribution in [0.25, 0.3) is 0 Å². The van der Waals surface area contributed by atoms with Crippen molar-refractivity contribution >= 4 is 5.91 Å². The molecule has 2 atom stereocenters. The molecule has 0 unspecified atom stereocenters. The standard InChI is InChI=1S/C15H21N5O2/c1-4-19-10(2)7-12(11(19)3)15(21)17-13-8-22-9-14(13)20-6-5-16-18-20/h5-7,13-14H,4,8-9H2,1-3H3,(H,17,21)/t13-,14+/m0/s1. The molecule has 0 aliphatic carbocycles. The lowest BCUT2D eigenvalue weighted by Gasteiger charge is -2.19. The van der Waals surface area contributed by atoms with Gasteiger partial charge in [-0.15, -0.1) is 5.10 Å². The first-order valence-corrected chi connectivity index (χ1v) is 7.53. The first-order chi connectivity index (χ1) is 10.6. The lowest BCUT2D eigenvalue weighted by atomic mass is 10.1. The van der Waals surface area contributed by atoms with Crippen molar-refractivity contribution in [3.8, 4) is 0 Å². The van der Waals surface area contributed by atoms with Crippen molar-refractivity contribution in [1.82, 2.24) is 24.9 Å². The topological polar surface area (TPSA) is 74.0 Å². The van der Waals surface area contributed by atoms with Crippen LogP contribution in [0.4, 0.5) is 0 Å². The first-order valence-electron chi connectivity index (χ1n) is 7.53. The Bertz CT molecular complexity index is 662. The third-order valence-electron chi connectivity index (χ3n) is 4.28. The van der Waals surface area contributed by atoms with Gasteiger partial charge in [0.05, 0.1) is 37.1 Å². The molecule has 2 aromatic rings. The maximum absolute atomic E-state index is 12.6. The summed E-state index contributed by atoms with van der Waals surface area (Å²) < 4.78 is 9.38. The summed E-state index contributed by atoms with van der Waals surface area (Å²) in [5, 5.41) is 10.9. The van der Waals surface area contributed by atoms with Gasteiger partial charge in [0, 0.05) is 24.1 Å². The monoisotopic (exact) mass is 303 g/mol. The van der Waals surface area contributed by atoms with Crippen LogP contribution in [0.1, 0.15) is 34.7 Å². The van der Waals surface area contributed by atoms with Crippen molar-refractivity contribution in [1.29, 1.82) is 0 Å². The number of nitrogens with zero attached hydrogens (tertiary/aromatic N) is 4. The number of ether oxygens (including phenoxy) is 1. The Labute approximate surface area is 129 Å². The average Bonchev–Trinajstić information content (AvgIpc) is 3.19. The van der Waals surface area contributed by atoms with Gasteiger partial charge in [0.2, 0.25) is 0 Å². The number of aryl methyl sites for hydroxylation is 1. The number of carbonyl (C=O) groups excluding carboxylic acids is 1. The minimum atomic E-state index is -0.0983. The van der Waals surface area contributed by atoms with E-state index in [0.29, 0.717) is 13.2 Å². The Morgan fingerprint density at radius 2 is 2.27 bits per heavy atom. The van der Waals surface area contributed by atoms with Gasteiger partial charge in [-0.05, 0) is 26.8 Å². The zero-order valence-corrected chi connectivity index (χ0v) is 13.1. The molecule has 22 heavy (non-hydrogen) atoms. The zero-order valence-electron chi connectivity index (χ0n) is 13.1. The highest BCUT2D eigenvalue weighted by atomic mass is 16.5. The quantitative estimate of drug-likeness (QED) is 0.917. The van der Waals surface area contributed by atoms with Gasteiger partial charge in [-0.2, -0.15) is 0 Å². The van der Waals surface area contributed by atoms with E-state index < -0.39 is 0 Å². The van der Waals surface area contributed by atoms with E-state index in [-0.39, 0.29) is 18.0 Å². The van der Waals surface area contributed by atoms with Gasteiger partial charge in [-0.25, -0.2) is 4.68 Å². The zero-order chi connectivity index (χ0) is 15.7. The average molecular weight is 303 g/mol. The molecule has 1 amide bonds. The van der Waals surface area contributed by atoms with E-state index in [2.05, 4.69) is 27.1 Å². The van der Waals surface area contributed by atoms with Gasteiger partial charge in [0.15, 0.2) is 0 Å². The van der Waals surface area contributed by atoms with Crippen LogP contribution in [0.3, 0.4) is 0 Å². The summed E-state index contributed by atoms with van der Waals surface area (Å²) in [6.45, 7) is 7.95. The van der Waals surface area contributed by atoms with E-state index in [9.17, 15) is 4.79 Å². The fourth-order valence-corrected chi connectivity index (χ4v) is 3.10. The van der Waals surface area contributed by atoms with Gasteiger partial charge >= 0.3 is 0 Å². The molecule has 1 saturated heterocycles. The minimum absolute atomic E-state index is 0.0129. The summed E-state index contributed by atoms with van der Waals surface area (Å²) in [5.41, 5.74) is 2.82. The molecule has 1 aliphatic rings. The number of amides is 1. The molecule has 7 heteroatoms. The third-order valence-corrected chi connectivity index (χ3v) is 4.28. The maximum Gasteiger partial charge on any atom is 0.253 e. The van der Waals surface area contributed by atoms with Crippen LogP contribution in [0.5, 0.6) is 0 Å². The number of hydrogen-bond donors (Lipinski definition) is 1. The lowest BCUT2D eigenvalue weighted by molar-refractivity contribution is 0.0924. The second-order valence-corrected chi connectivity index (χ2v) is 5.60. The molecule has 3 rings (SSSR count). The summed E-state index contributed by atoms with van der Waals surface area (Å²) in [6.07, 6.45) is 3.42. The third kappa shape index (κ3) is 2.52. The Morgan fingerprint density at radius 1 is 1.45 bits per heavy atom. The molecule has 118 valence electrons. The SMILES string of the molecule is CCn1c(C)cc(C(=O)N[C@H]2COC[C@H]2n2ccnn2)c1C. The van der Waals surface area contributed by atoms with Gasteiger partial charge in [-0.3, -0.25) is 4.79 Å². The number of aromatic nitrogens is 4. The van der Waals surface area contributed by atoms with E-state index in [1.54, 1.807) is 17.1 Å². The predicted octanol–water partition coefficient (Wildman–Crippen LogP) is 1.09. The molecule has 1 aliphatic heterocycles. The van der Waals surface area contributed by atoms with Crippen molar-refractivity contribution in [2.24, 2.45) is 0 Å². The Morgan fingerprint density at radius 3 is 2.91 bits per heavy atom. The molecule has 1 fully saturated rings. The van der Waals surface area contributed by atoms with Crippen LogP contribution < -0.4 is 5.32 Å². The van der Waals surface area contributed by atoms with Crippen LogP contribution in [0.2, 0.25) is 0 Å².